The van der Waals surface area contributed by atoms with Gasteiger partial charge in [0.15, 0.2) is 5.82 Å². The smallest absolute Gasteiger partial charge is 0.227 e. The Hall–Kier alpha value is -2.24. The third-order valence-electron chi connectivity index (χ3n) is 4.94. The van der Waals surface area contributed by atoms with Crippen LogP contribution in [0, 0.1) is 5.82 Å². The second-order valence-corrected chi connectivity index (χ2v) is 6.77. The molecule has 0 unspecified atom stereocenters. The predicted molar refractivity (Wildman–Crippen MR) is 91.6 cm³/mol. The van der Waals surface area contributed by atoms with Gasteiger partial charge in [-0.05, 0) is 37.0 Å². The van der Waals surface area contributed by atoms with Crippen LogP contribution in [0.4, 0.5) is 4.39 Å². The third-order valence-corrected chi connectivity index (χ3v) is 4.94. The highest BCUT2D eigenvalue weighted by atomic mass is 19.1. The van der Waals surface area contributed by atoms with Crippen molar-refractivity contribution >= 4 is 5.91 Å². The Bertz CT molecular complexity index is 708. The summed E-state index contributed by atoms with van der Waals surface area (Å²) in [7, 11) is 0. The summed E-state index contributed by atoms with van der Waals surface area (Å²) in [6.07, 6.45) is 5.70. The molecule has 1 aliphatic carbocycles. The molecule has 1 heterocycles. The molecular formula is C19H24FN3O2. The van der Waals surface area contributed by atoms with Crippen LogP contribution in [0.3, 0.4) is 0 Å². The van der Waals surface area contributed by atoms with Crippen LogP contribution >= 0.6 is 0 Å². The molecule has 0 aliphatic heterocycles. The highest BCUT2D eigenvalue weighted by Gasteiger charge is 2.38. The van der Waals surface area contributed by atoms with Crippen LogP contribution in [0.15, 0.2) is 28.8 Å². The molecule has 25 heavy (non-hydrogen) atoms. The number of aromatic nitrogens is 2. The number of benzene rings is 1. The van der Waals surface area contributed by atoms with Crippen molar-refractivity contribution in [1.82, 2.24) is 15.5 Å². The Morgan fingerprint density at radius 2 is 2.04 bits per heavy atom. The summed E-state index contributed by atoms with van der Waals surface area (Å²) in [5.41, 5.74) is 1.05. The van der Waals surface area contributed by atoms with Gasteiger partial charge in [-0.2, -0.15) is 4.98 Å². The van der Waals surface area contributed by atoms with Gasteiger partial charge in [-0.25, -0.2) is 4.39 Å². The van der Waals surface area contributed by atoms with E-state index in [-0.39, 0.29) is 17.1 Å². The first-order valence-corrected chi connectivity index (χ1v) is 8.95. The van der Waals surface area contributed by atoms with Crippen molar-refractivity contribution in [3.8, 4) is 0 Å². The fourth-order valence-electron chi connectivity index (χ4n) is 3.27. The van der Waals surface area contributed by atoms with Crippen LogP contribution in [0.1, 0.15) is 56.3 Å². The van der Waals surface area contributed by atoms with Crippen molar-refractivity contribution in [2.75, 3.05) is 6.54 Å². The zero-order valence-electron chi connectivity index (χ0n) is 14.6. The molecule has 0 spiro atoms. The molecule has 0 bridgehead atoms. The first-order chi connectivity index (χ1) is 12.1. The van der Waals surface area contributed by atoms with E-state index in [9.17, 15) is 9.18 Å². The van der Waals surface area contributed by atoms with Crippen LogP contribution in [0.2, 0.25) is 0 Å². The quantitative estimate of drug-likeness (QED) is 0.797. The Morgan fingerprint density at radius 3 is 2.68 bits per heavy atom. The SMILES string of the molecule is CCCc1noc(CCC(=O)NCC2(c3ccc(F)cc3)CCC2)n1. The van der Waals surface area contributed by atoms with Crippen LogP contribution in [0.5, 0.6) is 0 Å². The molecule has 1 aromatic heterocycles. The highest BCUT2D eigenvalue weighted by Crippen LogP contribution is 2.43. The van der Waals surface area contributed by atoms with E-state index in [1.807, 2.05) is 12.1 Å². The fourth-order valence-corrected chi connectivity index (χ4v) is 3.27. The summed E-state index contributed by atoms with van der Waals surface area (Å²) in [6.45, 7) is 2.64. The van der Waals surface area contributed by atoms with Gasteiger partial charge < -0.3 is 9.84 Å². The molecule has 6 heteroatoms. The lowest BCUT2D eigenvalue weighted by molar-refractivity contribution is -0.121. The van der Waals surface area contributed by atoms with E-state index in [4.69, 9.17) is 4.52 Å². The number of nitrogens with one attached hydrogen (secondary N) is 1. The molecule has 3 rings (SSSR count). The maximum atomic E-state index is 13.1. The Balaban J connectivity index is 1.49. The number of rotatable bonds is 8. The summed E-state index contributed by atoms with van der Waals surface area (Å²) in [5, 5.41) is 6.91. The number of hydrogen-bond acceptors (Lipinski definition) is 4. The van der Waals surface area contributed by atoms with Crippen molar-refractivity contribution in [3.05, 3.63) is 47.4 Å². The molecule has 1 fully saturated rings. The summed E-state index contributed by atoms with van der Waals surface area (Å²) >= 11 is 0. The predicted octanol–water partition coefficient (Wildman–Crippen LogP) is 3.33. The first kappa shape index (κ1) is 17.6. The average Bonchev–Trinajstić information content (AvgIpc) is 3.01. The minimum Gasteiger partial charge on any atom is -0.355 e. The Morgan fingerprint density at radius 1 is 1.28 bits per heavy atom. The van der Waals surface area contributed by atoms with Gasteiger partial charge in [0.1, 0.15) is 5.82 Å². The van der Waals surface area contributed by atoms with E-state index < -0.39 is 0 Å². The summed E-state index contributed by atoms with van der Waals surface area (Å²) in [4.78, 5) is 16.4. The van der Waals surface area contributed by atoms with E-state index >= 15 is 0 Å². The van der Waals surface area contributed by atoms with Crippen molar-refractivity contribution < 1.29 is 13.7 Å². The molecule has 1 aromatic carbocycles. The van der Waals surface area contributed by atoms with E-state index in [1.165, 1.54) is 12.1 Å². The Kier molecular flexibility index (Phi) is 5.46. The van der Waals surface area contributed by atoms with Crippen molar-refractivity contribution in [2.24, 2.45) is 0 Å². The number of nitrogens with zero attached hydrogens (tertiary/aromatic N) is 2. The molecule has 1 saturated carbocycles. The Labute approximate surface area is 147 Å². The number of hydrogen-bond donors (Lipinski definition) is 1. The summed E-state index contributed by atoms with van der Waals surface area (Å²) in [6, 6.07) is 6.63. The minimum absolute atomic E-state index is 0.0244. The van der Waals surface area contributed by atoms with Crippen LogP contribution in [0.25, 0.3) is 0 Å². The van der Waals surface area contributed by atoms with Gasteiger partial charge in [0.25, 0.3) is 0 Å². The molecule has 0 radical (unpaired) electrons. The van der Waals surface area contributed by atoms with E-state index in [2.05, 4.69) is 22.4 Å². The van der Waals surface area contributed by atoms with Crippen LogP contribution in [-0.4, -0.2) is 22.6 Å². The highest BCUT2D eigenvalue weighted by molar-refractivity contribution is 5.76. The van der Waals surface area contributed by atoms with Gasteiger partial charge in [0.2, 0.25) is 11.8 Å². The summed E-state index contributed by atoms with van der Waals surface area (Å²) < 4.78 is 18.3. The molecule has 0 saturated heterocycles. The molecular weight excluding hydrogens is 321 g/mol. The lowest BCUT2D eigenvalue weighted by Crippen LogP contribution is -2.45. The van der Waals surface area contributed by atoms with Crippen molar-refractivity contribution in [3.63, 3.8) is 0 Å². The molecule has 2 aromatic rings. The maximum absolute atomic E-state index is 13.1. The standard InChI is InChI=1S/C19H24FN3O2/c1-2-4-16-22-18(25-23-16)10-9-17(24)21-13-19(11-3-12-19)14-5-7-15(20)8-6-14/h5-8H,2-4,9-13H2,1H3,(H,21,24). The van der Waals surface area contributed by atoms with Crippen LogP contribution < -0.4 is 5.32 Å². The summed E-state index contributed by atoms with van der Waals surface area (Å²) in [5.74, 6) is 0.950. The van der Waals surface area contributed by atoms with Gasteiger partial charge >= 0.3 is 0 Å². The van der Waals surface area contributed by atoms with Gasteiger partial charge in [-0.3, -0.25) is 4.79 Å². The van der Waals surface area contributed by atoms with E-state index in [0.29, 0.717) is 31.1 Å². The fraction of sp³-hybridized carbons (Fsp3) is 0.526. The van der Waals surface area contributed by atoms with Gasteiger partial charge in [-0.1, -0.05) is 30.6 Å². The molecule has 1 aliphatic rings. The second-order valence-electron chi connectivity index (χ2n) is 6.77. The molecule has 134 valence electrons. The molecule has 1 N–H and O–H groups in total. The van der Waals surface area contributed by atoms with Crippen molar-refractivity contribution in [1.29, 1.82) is 0 Å². The lowest BCUT2D eigenvalue weighted by atomic mass is 9.64. The second kappa shape index (κ2) is 7.76. The molecule has 5 nitrogen and oxygen atoms in total. The number of carbonyl (C=O) groups is 1. The van der Waals surface area contributed by atoms with Gasteiger partial charge in [0, 0.05) is 31.2 Å². The number of aryl methyl sites for hydroxylation is 2. The van der Waals surface area contributed by atoms with Crippen molar-refractivity contribution in [2.45, 2.75) is 57.3 Å². The normalized spacial score (nSPS) is 15.6. The van der Waals surface area contributed by atoms with Crippen LogP contribution in [-0.2, 0) is 23.1 Å². The van der Waals surface area contributed by atoms with Gasteiger partial charge in [0.05, 0.1) is 0 Å². The first-order valence-electron chi connectivity index (χ1n) is 8.95. The molecule has 0 atom stereocenters. The number of halogens is 1. The number of carbonyl (C=O) groups excluding carboxylic acids is 1. The third kappa shape index (κ3) is 4.24. The number of amides is 1. The average molecular weight is 345 g/mol. The lowest BCUT2D eigenvalue weighted by Gasteiger charge is -2.42. The zero-order chi connectivity index (χ0) is 17.7. The largest absolute Gasteiger partial charge is 0.355 e. The van der Waals surface area contributed by atoms with Gasteiger partial charge in [-0.15, -0.1) is 0 Å². The van der Waals surface area contributed by atoms with E-state index in [0.717, 1.165) is 37.7 Å². The topological polar surface area (TPSA) is 68.0 Å². The minimum atomic E-state index is -0.232. The monoisotopic (exact) mass is 345 g/mol. The maximum Gasteiger partial charge on any atom is 0.227 e. The zero-order valence-corrected chi connectivity index (χ0v) is 14.6. The van der Waals surface area contributed by atoms with E-state index in [1.54, 1.807) is 0 Å². The molecule has 1 amide bonds.